The summed E-state index contributed by atoms with van der Waals surface area (Å²) in [5.41, 5.74) is 3.20. The second kappa shape index (κ2) is 6.89. The summed E-state index contributed by atoms with van der Waals surface area (Å²) in [6, 6.07) is -0.441. The monoisotopic (exact) mass is 267 g/mol. The molecule has 19 heavy (non-hydrogen) atoms. The van der Waals surface area contributed by atoms with Crippen LogP contribution in [0.4, 0.5) is 11.8 Å². The zero-order valence-electron chi connectivity index (χ0n) is 11.7. The Morgan fingerprint density at radius 1 is 1.53 bits per heavy atom. The highest BCUT2D eigenvalue weighted by Gasteiger charge is 2.21. The third-order valence-electron chi connectivity index (χ3n) is 2.60. The molecule has 0 aliphatic heterocycles. The number of aromatic nitrogens is 2. The Labute approximate surface area is 112 Å². The number of methoxy groups -OCH3 is 1. The summed E-state index contributed by atoms with van der Waals surface area (Å²) in [6.07, 6.45) is 2.29. The smallest absolute Gasteiger partial charge is 0.328 e. The SMILES string of the molecule is COC(=O)C(CC(C)C)Nc1nc(NN)ncc1C. The summed E-state index contributed by atoms with van der Waals surface area (Å²) in [4.78, 5) is 19.9. The predicted octanol–water partition coefficient (Wildman–Crippen LogP) is 1.07. The average Bonchev–Trinajstić information content (AvgIpc) is 2.38. The highest BCUT2D eigenvalue weighted by Crippen LogP contribution is 2.16. The lowest BCUT2D eigenvalue weighted by atomic mass is 10.0. The number of ether oxygens (including phenoxy) is 1. The maximum Gasteiger partial charge on any atom is 0.328 e. The van der Waals surface area contributed by atoms with Crippen LogP contribution >= 0.6 is 0 Å². The number of hydrazine groups is 1. The van der Waals surface area contributed by atoms with Crippen LogP contribution in [0.2, 0.25) is 0 Å². The Hall–Kier alpha value is -1.89. The third kappa shape index (κ3) is 4.36. The van der Waals surface area contributed by atoms with Crippen LogP contribution in [0.1, 0.15) is 25.8 Å². The standard InChI is InChI=1S/C12H21N5O2/c1-7(2)5-9(11(18)19-4)15-10-8(3)6-14-12(16-10)17-13/h6-7,9H,5,13H2,1-4H3,(H2,14,15,16,17). The maximum absolute atomic E-state index is 11.7. The normalized spacial score (nSPS) is 12.1. The van der Waals surface area contributed by atoms with Gasteiger partial charge in [-0.1, -0.05) is 13.8 Å². The fourth-order valence-electron chi connectivity index (χ4n) is 1.65. The van der Waals surface area contributed by atoms with Crippen LogP contribution in [0.5, 0.6) is 0 Å². The number of carbonyl (C=O) groups excluding carboxylic acids is 1. The first kappa shape index (κ1) is 15.2. The van der Waals surface area contributed by atoms with E-state index in [2.05, 4.69) is 20.7 Å². The van der Waals surface area contributed by atoms with Crippen molar-refractivity contribution in [3.63, 3.8) is 0 Å². The van der Waals surface area contributed by atoms with Gasteiger partial charge in [-0.25, -0.2) is 15.6 Å². The number of nitrogens with one attached hydrogen (secondary N) is 2. The van der Waals surface area contributed by atoms with Crippen LogP contribution in [0.25, 0.3) is 0 Å². The Morgan fingerprint density at radius 3 is 2.74 bits per heavy atom. The fraction of sp³-hybridized carbons (Fsp3) is 0.583. The van der Waals surface area contributed by atoms with Gasteiger partial charge in [0.05, 0.1) is 7.11 Å². The molecule has 1 heterocycles. The molecule has 0 radical (unpaired) electrons. The lowest BCUT2D eigenvalue weighted by Gasteiger charge is -2.20. The Balaban J connectivity index is 2.91. The van der Waals surface area contributed by atoms with Gasteiger partial charge in [0.2, 0.25) is 5.95 Å². The van der Waals surface area contributed by atoms with Crippen molar-refractivity contribution < 1.29 is 9.53 Å². The van der Waals surface area contributed by atoms with Crippen LogP contribution < -0.4 is 16.6 Å². The quantitative estimate of drug-likeness (QED) is 0.402. The summed E-state index contributed by atoms with van der Waals surface area (Å²) in [5, 5.41) is 3.08. The molecule has 0 saturated heterocycles. The molecule has 0 bridgehead atoms. The van der Waals surface area contributed by atoms with Gasteiger partial charge in [0.25, 0.3) is 0 Å². The summed E-state index contributed by atoms with van der Waals surface area (Å²) in [7, 11) is 1.37. The first-order chi connectivity index (χ1) is 8.97. The van der Waals surface area contributed by atoms with Crippen LogP contribution in [0, 0.1) is 12.8 Å². The maximum atomic E-state index is 11.7. The van der Waals surface area contributed by atoms with Gasteiger partial charge in [-0.2, -0.15) is 4.98 Å². The van der Waals surface area contributed by atoms with E-state index in [-0.39, 0.29) is 5.97 Å². The molecule has 0 spiro atoms. The van der Waals surface area contributed by atoms with E-state index in [1.165, 1.54) is 7.11 Å². The lowest BCUT2D eigenvalue weighted by molar-refractivity contribution is -0.141. The summed E-state index contributed by atoms with van der Waals surface area (Å²) >= 11 is 0. The third-order valence-corrected chi connectivity index (χ3v) is 2.60. The summed E-state index contributed by atoms with van der Waals surface area (Å²) < 4.78 is 4.80. The molecule has 0 saturated carbocycles. The van der Waals surface area contributed by atoms with Gasteiger partial charge in [-0.3, -0.25) is 5.43 Å². The summed E-state index contributed by atoms with van der Waals surface area (Å²) in [6.45, 7) is 5.93. The molecule has 7 nitrogen and oxygen atoms in total. The largest absolute Gasteiger partial charge is 0.467 e. The molecule has 7 heteroatoms. The minimum absolute atomic E-state index is 0.293. The minimum Gasteiger partial charge on any atom is -0.467 e. The van der Waals surface area contributed by atoms with Crippen molar-refractivity contribution in [2.24, 2.45) is 11.8 Å². The van der Waals surface area contributed by atoms with Crippen LogP contribution in [-0.4, -0.2) is 29.1 Å². The van der Waals surface area contributed by atoms with Crippen molar-refractivity contribution in [2.75, 3.05) is 17.9 Å². The van der Waals surface area contributed by atoms with E-state index < -0.39 is 6.04 Å². The molecule has 0 amide bonds. The molecule has 1 aromatic rings. The van der Waals surface area contributed by atoms with Crippen LogP contribution in [-0.2, 0) is 9.53 Å². The fourth-order valence-corrected chi connectivity index (χ4v) is 1.65. The van der Waals surface area contributed by atoms with E-state index in [9.17, 15) is 4.79 Å². The van der Waals surface area contributed by atoms with Crippen LogP contribution in [0.15, 0.2) is 6.20 Å². The molecule has 1 unspecified atom stereocenters. The predicted molar refractivity (Wildman–Crippen MR) is 73.5 cm³/mol. The van der Waals surface area contributed by atoms with Gasteiger partial charge in [0, 0.05) is 11.8 Å². The van der Waals surface area contributed by atoms with Crippen molar-refractivity contribution in [3.05, 3.63) is 11.8 Å². The van der Waals surface area contributed by atoms with E-state index in [1.807, 2.05) is 20.8 Å². The molecule has 0 aliphatic carbocycles. The number of nitrogens with zero attached hydrogens (tertiary/aromatic N) is 2. The molecule has 0 fully saturated rings. The minimum atomic E-state index is -0.441. The average molecular weight is 267 g/mol. The van der Waals surface area contributed by atoms with Gasteiger partial charge in [0.1, 0.15) is 11.9 Å². The number of hydrogen-bond acceptors (Lipinski definition) is 7. The van der Waals surface area contributed by atoms with E-state index in [1.54, 1.807) is 6.20 Å². The zero-order chi connectivity index (χ0) is 14.4. The number of anilines is 2. The van der Waals surface area contributed by atoms with Crippen LogP contribution in [0.3, 0.4) is 0 Å². The molecule has 1 aromatic heterocycles. The Morgan fingerprint density at radius 2 is 2.21 bits per heavy atom. The second-order valence-electron chi connectivity index (χ2n) is 4.72. The van der Waals surface area contributed by atoms with E-state index in [0.717, 1.165) is 5.56 Å². The van der Waals surface area contributed by atoms with Gasteiger partial charge in [-0.05, 0) is 19.3 Å². The number of aryl methyl sites for hydroxylation is 1. The molecule has 106 valence electrons. The molecule has 1 rings (SSSR count). The molecule has 4 N–H and O–H groups in total. The van der Waals surface area contributed by atoms with Crippen molar-refractivity contribution in [2.45, 2.75) is 33.2 Å². The Bertz CT molecular complexity index is 436. The summed E-state index contributed by atoms with van der Waals surface area (Å²) in [5.74, 6) is 6.17. The van der Waals surface area contributed by atoms with Gasteiger partial charge in [0.15, 0.2) is 0 Å². The van der Waals surface area contributed by atoms with E-state index >= 15 is 0 Å². The second-order valence-corrected chi connectivity index (χ2v) is 4.72. The number of rotatable bonds is 6. The molecular weight excluding hydrogens is 246 g/mol. The zero-order valence-corrected chi connectivity index (χ0v) is 11.7. The van der Waals surface area contributed by atoms with E-state index in [4.69, 9.17) is 10.6 Å². The molecule has 1 atom stereocenters. The van der Waals surface area contributed by atoms with Crippen molar-refractivity contribution in [1.82, 2.24) is 9.97 Å². The molecule has 0 aliphatic rings. The highest BCUT2D eigenvalue weighted by molar-refractivity contribution is 5.79. The molecule has 0 aromatic carbocycles. The van der Waals surface area contributed by atoms with E-state index in [0.29, 0.717) is 24.1 Å². The first-order valence-corrected chi connectivity index (χ1v) is 6.12. The number of nitrogens with two attached hydrogens (primary N) is 1. The number of carbonyl (C=O) groups is 1. The lowest BCUT2D eigenvalue weighted by Crippen LogP contribution is -2.33. The number of nitrogen functional groups attached to an aromatic ring is 1. The highest BCUT2D eigenvalue weighted by atomic mass is 16.5. The van der Waals surface area contributed by atoms with Gasteiger partial charge >= 0.3 is 5.97 Å². The first-order valence-electron chi connectivity index (χ1n) is 6.12. The number of esters is 1. The molecular formula is C12H21N5O2. The van der Waals surface area contributed by atoms with Crippen molar-refractivity contribution in [3.8, 4) is 0 Å². The van der Waals surface area contributed by atoms with Gasteiger partial charge in [-0.15, -0.1) is 0 Å². The van der Waals surface area contributed by atoms with Crippen molar-refractivity contribution in [1.29, 1.82) is 0 Å². The topological polar surface area (TPSA) is 102 Å². The Kier molecular flexibility index (Phi) is 5.50. The van der Waals surface area contributed by atoms with Gasteiger partial charge < -0.3 is 10.1 Å². The number of hydrogen-bond donors (Lipinski definition) is 3. The van der Waals surface area contributed by atoms with Crippen molar-refractivity contribution >= 4 is 17.7 Å².